The molecule has 1 aromatic carbocycles. The molecule has 0 spiro atoms. The summed E-state index contributed by atoms with van der Waals surface area (Å²) in [5, 5.41) is 0.553. The van der Waals surface area contributed by atoms with Gasteiger partial charge in [0.15, 0.2) is 0 Å². The van der Waals surface area contributed by atoms with Gasteiger partial charge < -0.3 is 9.47 Å². The third kappa shape index (κ3) is 2.29. The van der Waals surface area contributed by atoms with Crippen molar-refractivity contribution in [3.05, 3.63) is 35.6 Å². The maximum atomic E-state index is 13.7. The van der Waals surface area contributed by atoms with Gasteiger partial charge >= 0.3 is 0 Å². The Bertz CT molecular complexity index is 368. The van der Waals surface area contributed by atoms with Crippen LogP contribution in [-0.4, -0.2) is 24.6 Å². The van der Waals surface area contributed by atoms with E-state index >= 15 is 0 Å². The first-order chi connectivity index (χ1) is 7.65. The zero-order valence-corrected chi connectivity index (χ0v) is 10.7. The van der Waals surface area contributed by atoms with Crippen molar-refractivity contribution in [3.63, 3.8) is 0 Å². The van der Waals surface area contributed by atoms with E-state index in [1.54, 1.807) is 12.1 Å². The Morgan fingerprint density at radius 3 is 2.69 bits per heavy atom. The highest BCUT2D eigenvalue weighted by molar-refractivity contribution is 9.09. The number of hydrogen-bond donors (Lipinski definition) is 0. The summed E-state index contributed by atoms with van der Waals surface area (Å²) in [6.07, 6.45) is 0.0714. The van der Waals surface area contributed by atoms with Crippen molar-refractivity contribution in [2.75, 3.05) is 18.5 Å². The van der Waals surface area contributed by atoms with Crippen molar-refractivity contribution in [2.45, 2.75) is 18.6 Å². The SMILES string of the molecule is CC(CBr)(OC1COC1)c1ccccc1F. The predicted octanol–water partition coefficient (Wildman–Crippen LogP) is 2.85. The van der Waals surface area contributed by atoms with Gasteiger partial charge in [-0.05, 0) is 13.0 Å². The molecule has 1 saturated heterocycles. The van der Waals surface area contributed by atoms with Gasteiger partial charge in [-0.15, -0.1) is 0 Å². The minimum atomic E-state index is -0.639. The maximum Gasteiger partial charge on any atom is 0.129 e. The molecular weight excluding hydrogens is 275 g/mol. The monoisotopic (exact) mass is 288 g/mol. The molecule has 1 aromatic rings. The average molecular weight is 289 g/mol. The van der Waals surface area contributed by atoms with Gasteiger partial charge in [0.1, 0.15) is 17.5 Å². The van der Waals surface area contributed by atoms with Crippen LogP contribution in [0.25, 0.3) is 0 Å². The van der Waals surface area contributed by atoms with E-state index in [1.165, 1.54) is 6.07 Å². The molecule has 1 aliphatic heterocycles. The van der Waals surface area contributed by atoms with Gasteiger partial charge in [0, 0.05) is 10.9 Å². The lowest BCUT2D eigenvalue weighted by Gasteiger charge is -2.37. The normalized spacial score (nSPS) is 20.2. The fraction of sp³-hybridized carbons (Fsp3) is 0.500. The van der Waals surface area contributed by atoms with E-state index in [2.05, 4.69) is 15.9 Å². The first kappa shape index (κ1) is 12.0. The summed E-state index contributed by atoms with van der Waals surface area (Å²) >= 11 is 3.39. The van der Waals surface area contributed by atoms with E-state index in [4.69, 9.17) is 9.47 Å². The fourth-order valence-corrected chi connectivity index (χ4v) is 2.14. The highest BCUT2D eigenvalue weighted by atomic mass is 79.9. The second-order valence-corrected chi connectivity index (χ2v) is 4.68. The zero-order valence-electron chi connectivity index (χ0n) is 9.08. The van der Waals surface area contributed by atoms with Gasteiger partial charge in [0.2, 0.25) is 0 Å². The van der Waals surface area contributed by atoms with E-state index in [-0.39, 0.29) is 11.9 Å². The number of ether oxygens (including phenoxy) is 2. The van der Waals surface area contributed by atoms with Crippen LogP contribution in [-0.2, 0) is 15.1 Å². The quantitative estimate of drug-likeness (QED) is 0.794. The Morgan fingerprint density at radius 2 is 2.19 bits per heavy atom. The Hall–Kier alpha value is -0.450. The second-order valence-electron chi connectivity index (χ2n) is 4.12. The lowest BCUT2D eigenvalue weighted by Crippen LogP contribution is -2.43. The first-order valence-corrected chi connectivity index (χ1v) is 6.34. The molecule has 4 heteroatoms. The van der Waals surface area contributed by atoms with E-state index in [9.17, 15) is 4.39 Å². The van der Waals surface area contributed by atoms with Crippen molar-refractivity contribution < 1.29 is 13.9 Å². The van der Waals surface area contributed by atoms with Gasteiger partial charge in [0.25, 0.3) is 0 Å². The Balaban J connectivity index is 2.22. The number of benzene rings is 1. The van der Waals surface area contributed by atoms with E-state index in [0.717, 1.165) is 0 Å². The van der Waals surface area contributed by atoms with Crippen LogP contribution >= 0.6 is 15.9 Å². The van der Waals surface area contributed by atoms with Gasteiger partial charge in [-0.1, -0.05) is 34.1 Å². The molecule has 16 heavy (non-hydrogen) atoms. The molecule has 1 aliphatic rings. The number of hydrogen-bond acceptors (Lipinski definition) is 2. The van der Waals surface area contributed by atoms with Crippen molar-refractivity contribution in [3.8, 4) is 0 Å². The average Bonchev–Trinajstić information content (AvgIpc) is 2.24. The summed E-state index contributed by atoms with van der Waals surface area (Å²) in [6.45, 7) is 3.08. The molecule has 0 bridgehead atoms. The smallest absolute Gasteiger partial charge is 0.129 e. The number of halogens is 2. The maximum absolute atomic E-state index is 13.7. The summed E-state index contributed by atoms with van der Waals surface area (Å²) in [4.78, 5) is 0. The van der Waals surface area contributed by atoms with Gasteiger partial charge in [-0.25, -0.2) is 4.39 Å². The second kappa shape index (κ2) is 4.82. The first-order valence-electron chi connectivity index (χ1n) is 5.22. The molecule has 0 aliphatic carbocycles. The van der Waals surface area contributed by atoms with Crippen molar-refractivity contribution in [1.82, 2.24) is 0 Å². The minimum absolute atomic E-state index is 0.0714. The van der Waals surface area contributed by atoms with Crippen LogP contribution in [0.1, 0.15) is 12.5 Å². The summed E-state index contributed by atoms with van der Waals surface area (Å²) in [7, 11) is 0. The fourth-order valence-electron chi connectivity index (χ4n) is 1.71. The highest BCUT2D eigenvalue weighted by Gasteiger charge is 2.34. The molecule has 2 nitrogen and oxygen atoms in total. The van der Waals surface area contributed by atoms with Crippen LogP contribution in [0.2, 0.25) is 0 Å². The van der Waals surface area contributed by atoms with Gasteiger partial charge in [0.05, 0.1) is 13.2 Å². The Morgan fingerprint density at radius 1 is 1.50 bits per heavy atom. The van der Waals surface area contributed by atoms with Crippen LogP contribution in [0, 0.1) is 5.82 Å². The van der Waals surface area contributed by atoms with Gasteiger partial charge in [-0.2, -0.15) is 0 Å². The van der Waals surface area contributed by atoms with Gasteiger partial charge in [-0.3, -0.25) is 0 Å². The zero-order chi connectivity index (χ0) is 11.6. The van der Waals surface area contributed by atoms with E-state index in [0.29, 0.717) is 24.1 Å². The minimum Gasteiger partial charge on any atom is -0.376 e. The van der Waals surface area contributed by atoms with E-state index in [1.807, 2.05) is 13.0 Å². The Kier molecular flexibility index (Phi) is 3.62. The van der Waals surface area contributed by atoms with Crippen LogP contribution in [0.15, 0.2) is 24.3 Å². The molecule has 0 amide bonds. The molecule has 1 fully saturated rings. The number of alkyl halides is 1. The van der Waals surface area contributed by atoms with Crippen LogP contribution in [0.4, 0.5) is 4.39 Å². The molecular formula is C12H14BrFO2. The topological polar surface area (TPSA) is 18.5 Å². The number of rotatable bonds is 4. The van der Waals surface area contributed by atoms with Crippen LogP contribution in [0.5, 0.6) is 0 Å². The summed E-state index contributed by atoms with van der Waals surface area (Å²) in [5.41, 5.74) is -0.0569. The third-order valence-electron chi connectivity index (χ3n) is 2.73. The molecule has 1 unspecified atom stereocenters. The lowest BCUT2D eigenvalue weighted by molar-refractivity contribution is -0.184. The lowest BCUT2D eigenvalue weighted by atomic mass is 9.97. The highest BCUT2D eigenvalue weighted by Crippen LogP contribution is 2.32. The summed E-state index contributed by atoms with van der Waals surface area (Å²) in [5.74, 6) is -0.232. The largest absolute Gasteiger partial charge is 0.376 e. The molecule has 0 N–H and O–H groups in total. The summed E-state index contributed by atoms with van der Waals surface area (Å²) < 4.78 is 24.6. The van der Waals surface area contributed by atoms with Crippen LogP contribution < -0.4 is 0 Å². The molecule has 0 aromatic heterocycles. The Labute approximate surface area is 103 Å². The molecule has 0 saturated carbocycles. The summed E-state index contributed by atoms with van der Waals surface area (Å²) in [6, 6.07) is 6.72. The molecule has 1 atom stereocenters. The molecule has 88 valence electrons. The molecule has 0 radical (unpaired) electrons. The molecule has 1 heterocycles. The van der Waals surface area contributed by atoms with Crippen molar-refractivity contribution in [2.24, 2.45) is 0 Å². The predicted molar refractivity (Wildman–Crippen MR) is 63.2 cm³/mol. The van der Waals surface area contributed by atoms with Crippen LogP contribution in [0.3, 0.4) is 0 Å². The van der Waals surface area contributed by atoms with Crippen molar-refractivity contribution in [1.29, 1.82) is 0 Å². The third-order valence-corrected chi connectivity index (χ3v) is 3.80. The molecule has 2 rings (SSSR count). The van der Waals surface area contributed by atoms with E-state index < -0.39 is 5.60 Å². The standard InChI is InChI=1S/C12H14BrFO2/c1-12(8-13,16-9-6-15-7-9)10-4-2-3-5-11(10)14/h2-5,9H,6-8H2,1H3. The van der Waals surface area contributed by atoms with Crippen molar-refractivity contribution >= 4 is 15.9 Å².